The molecule has 0 aromatic carbocycles. The fourth-order valence-corrected chi connectivity index (χ4v) is 1.13. The van der Waals surface area contributed by atoms with Gasteiger partial charge < -0.3 is 5.73 Å². The molecule has 2 nitrogen and oxygen atoms in total. The number of hydrogen-bond acceptors (Lipinski definition) is 2. The van der Waals surface area contributed by atoms with E-state index in [-0.39, 0.29) is 4.60 Å². The van der Waals surface area contributed by atoms with Gasteiger partial charge in [0, 0.05) is 6.07 Å². The van der Waals surface area contributed by atoms with Crippen molar-refractivity contribution in [2.45, 2.75) is 13.3 Å². The molecule has 0 unspecified atom stereocenters. The van der Waals surface area contributed by atoms with E-state index in [1.807, 2.05) is 6.92 Å². The maximum atomic E-state index is 12.7. The van der Waals surface area contributed by atoms with Gasteiger partial charge in [-0.05, 0) is 22.4 Å². The van der Waals surface area contributed by atoms with Crippen LogP contribution in [0.25, 0.3) is 0 Å². The minimum Gasteiger partial charge on any atom is -0.397 e. The monoisotopic (exact) mass is 218 g/mol. The number of anilines is 1. The topological polar surface area (TPSA) is 38.9 Å². The minimum atomic E-state index is -0.417. The van der Waals surface area contributed by atoms with Gasteiger partial charge in [0.1, 0.15) is 4.60 Å². The van der Waals surface area contributed by atoms with Crippen LogP contribution in [0, 0.1) is 5.82 Å². The molecule has 0 aliphatic carbocycles. The number of nitrogen functional groups attached to an aromatic ring is 1. The fourth-order valence-electron chi connectivity index (χ4n) is 0.799. The van der Waals surface area contributed by atoms with E-state index < -0.39 is 5.82 Å². The molecule has 0 radical (unpaired) electrons. The number of aromatic nitrogens is 1. The molecule has 0 saturated carbocycles. The number of nitrogens with two attached hydrogens (primary N) is 1. The Labute approximate surface area is 72.8 Å². The van der Waals surface area contributed by atoms with Crippen LogP contribution < -0.4 is 5.73 Å². The van der Waals surface area contributed by atoms with Crippen LogP contribution in [0.15, 0.2) is 10.7 Å². The van der Waals surface area contributed by atoms with Crippen LogP contribution >= 0.6 is 15.9 Å². The zero-order chi connectivity index (χ0) is 8.43. The largest absolute Gasteiger partial charge is 0.397 e. The second-order valence-electron chi connectivity index (χ2n) is 2.15. The summed E-state index contributed by atoms with van der Waals surface area (Å²) >= 11 is 2.98. The molecular weight excluding hydrogens is 211 g/mol. The predicted molar refractivity (Wildman–Crippen MR) is 45.7 cm³/mol. The predicted octanol–water partition coefficient (Wildman–Crippen LogP) is 2.13. The number of nitrogens with zero attached hydrogens (tertiary/aromatic N) is 1. The van der Waals surface area contributed by atoms with E-state index in [1.54, 1.807) is 0 Å². The number of hydrogen-bond donors (Lipinski definition) is 1. The van der Waals surface area contributed by atoms with Gasteiger partial charge >= 0.3 is 0 Å². The Kier molecular flexibility index (Phi) is 2.44. The van der Waals surface area contributed by atoms with Gasteiger partial charge in [-0.25, -0.2) is 9.37 Å². The van der Waals surface area contributed by atoms with Gasteiger partial charge in [0.05, 0.1) is 11.4 Å². The highest BCUT2D eigenvalue weighted by Crippen LogP contribution is 2.18. The van der Waals surface area contributed by atoms with Crippen LogP contribution in [0.2, 0.25) is 0 Å². The van der Waals surface area contributed by atoms with Crippen molar-refractivity contribution < 1.29 is 4.39 Å². The van der Waals surface area contributed by atoms with Gasteiger partial charge in [-0.2, -0.15) is 0 Å². The Morgan fingerprint density at radius 1 is 1.73 bits per heavy atom. The summed E-state index contributed by atoms with van der Waals surface area (Å²) in [5, 5.41) is 0. The molecule has 2 N–H and O–H groups in total. The third-order valence-corrected chi connectivity index (χ3v) is 1.94. The molecular formula is C7H8BrFN2. The molecule has 0 saturated heterocycles. The Morgan fingerprint density at radius 3 is 2.91 bits per heavy atom. The van der Waals surface area contributed by atoms with Crippen molar-refractivity contribution in [1.82, 2.24) is 4.98 Å². The molecule has 0 aliphatic rings. The smallest absolute Gasteiger partial charge is 0.158 e. The van der Waals surface area contributed by atoms with Gasteiger partial charge in [-0.1, -0.05) is 6.92 Å². The van der Waals surface area contributed by atoms with Gasteiger partial charge in [-0.3, -0.25) is 0 Å². The third-order valence-electron chi connectivity index (χ3n) is 1.38. The van der Waals surface area contributed by atoms with E-state index in [0.29, 0.717) is 12.1 Å². The third kappa shape index (κ3) is 1.68. The van der Waals surface area contributed by atoms with E-state index >= 15 is 0 Å². The Hall–Kier alpha value is -0.640. The lowest BCUT2D eigenvalue weighted by atomic mass is 10.2. The lowest BCUT2D eigenvalue weighted by Gasteiger charge is -2.02. The van der Waals surface area contributed by atoms with E-state index in [2.05, 4.69) is 20.9 Å². The van der Waals surface area contributed by atoms with Gasteiger partial charge in [0.15, 0.2) is 5.82 Å². The summed E-state index contributed by atoms with van der Waals surface area (Å²) in [7, 11) is 0. The van der Waals surface area contributed by atoms with Gasteiger partial charge in [0.25, 0.3) is 0 Å². The highest BCUT2D eigenvalue weighted by molar-refractivity contribution is 9.10. The summed E-state index contributed by atoms with van der Waals surface area (Å²) in [5.41, 5.74) is 6.61. The Balaban J connectivity index is 3.21. The molecule has 0 fully saturated rings. The average Bonchev–Trinajstić information content (AvgIpc) is 1.97. The summed E-state index contributed by atoms with van der Waals surface area (Å²) in [4.78, 5) is 3.91. The maximum Gasteiger partial charge on any atom is 0.158 e. The number of halogens is 2. The second-order valence-corrected chi connectivity index (χ2v) is 2.90. The van der Waals surface area contributed by atoms with Crippen LogP contribution in [0.5, 0.6) is 0 Å². The van der Waals surface area contributed by atoms with E-state index in [9.17, 15) is 4.39 Å². The fraction of sp³-hybridized carbons (Fsp3) is 0.286. The quantitative estimate of drug-likeness (QED) is 0.734. The summed E-state index contributed by atoms with van der Waals surface area (Å²) in [6.45, 7) is 1.92. The second kappa shape index (κ2) is 3.17. The van der Waals surface area contributed by atoms with Crippen LogP contribution in [0.1, 0.15) is 12.6 Å². The Bertz CT molecular complexity index is 275. The van der Waals surface area contributed by atoms with E-state index in [1.165, 1.54) is 6.07 Å². The highest BCUT2D eigenvalue weighted by atomic mass is 79.9. The lowest BCUT2D eigenvalue weighted by Crippen LogP contribution is -1.98. The number of rotatable bonds is 1. The van der Waals surface area contributed by atoms with Gasteiger partial charge in [-0.15, -0.1) is 0 Å². The molecule has 0 spiro atoms. The first-order chi connectivity index (χ1) is 5.15. The van der Waals surface area contributed by atoms with E-state index in [0.717, 1.165) is 5.69 Å². The molecule has 1 heterocycles. The van der Waals surface area contributed by atoms with Crippen molar-refractivity contribution in [2.24, 2.45) is 0 Å². The van der Waals surface area contributed by atoms with Crippen molar-refractivity contribution in [1.29, 1.82) is 0 Å². The molecule has 1 aromatic rings. The Morgan fingerprint density at radius 2 is 2.36 bits per heavy atom. The first-order valence-corrected chi connectivity index (χ1v) is 4.04. The molecule has 4 heteroatoms. The summed E-state index contributed by atoms with van der Waals surface area (Å²) in [6.07, 6.45) is 0.713. The molecule has 0 bridgehead atoms. The van der Waals surface area contributed by atoms with Crippen molar-refractivity contribution in [2.75, 3.05) is 5.73 Å². The molecule has 60 valence electrons. The maximum absolute atomic E-state index is 12.7. The lowest BCUT2D eigenvalue weighted by molar-refractivity contribution is 0.611. The van der Waals surface area contributed by atoms with Crippen molar-refractivity contribution in [3.8, 4) is 0 Å². The zero-order valence-corrected chi connectivity index (χ0v) is 7.65. The molecule has 0 aliphatic heterocycles. The van der Waals surface area contributed by atoms with Crippen molar-refractivity contribution in [3.63, 3.8) is 0 Å². The summed E-state index contributed by atoms with van der Waals surface area (Å²) in [5.74, 6) is -0.417. The van der Waals surface area contributed by atoms with Crippen molar-refractivity contribution >= 4 is 21.6 Å². The van der Waals surface area contributed by atoms with E-state index in [4.69, 9.17) is 5.73 Å². The molecule has 0 atom stereocenters. The van der Waals surface area contributed by atoms with Crippen LogP contribution in [-0.4, -0.2) is 4.98 Å². The normalized spacial score (nSPS) is 10.1. The van der Waals surface area contributed by atoms with Crippen LogP contribution in [0.4, 0.5) is 10.1 Å². The number of aryl methyl sites for hydroxylation is 1. The molecule has 1 rings (SSSR count). The molecule has 0 amide bonds. The standard InChI is InChI=1S/C7H8BrFN2/c1-2-6-5(10)3-4(9)7(8)11-6/h3H,2,10H2,1H3. The molecule has 11 heavy (non-hydrogen) atoms. The zero-order valence-electron chi connectivity index (χ0n) is 6.06. The number of pyridine rings is 1. The van der Waals surface area contributed by atoms with Crippen LogP contribution in [0.3, 0.4) is 0 Å². The summed E-state index contributed by atoms with van der Waals surface area (Å²) < 4.78 is 12.9. The van der Waals surface area contributed by atoms with Gasteiger partial charge in [0.2, 0.25) is 0 Å². The first-order valence-electron chi connectivity index (χ1n) is 3.25. The summed E-state index contributed by atoms with van der Waals surface area (Å²) in [6, 6.07) is 1.27. The highest BCUT2D eigenvalue weighted by Gasteiger charge is 2.04. The van der Waals surface area contributed by atoms with Crippen molar-refractivity contribution in [3.05, 3.63) is 22.2 Å². The first kappa shape index (κ1) is 8.46. The SMILES string of the molecule is CCc1nc(Br)c(F)cc1N. The average molecular weight is 219 g/mol. The minimum absolute atomic E-state index is 0.226. The van der Waals surface area contributed by atoms with Crippen LogP contribution in [-0.2, 0) is 6.42 Å². The molecule has 1 aromatic heterocycles.